The summed E-state index contributed by atoms with van der Waals surface area (Å²) in [6, 6.07) is 9.17. The van der Waals surface area contributed by atoms with Gasteiger partial charge in [0.1, 0.15) is 0 Å². The molecule has 1 saturated carbocycles. The van der Waals surface area contributed by atoms with Crippen LogP contribution in [0.15, 0.2) is 36.5 Å². The van der Waals surface area contributed by atoms with Crippen LogP contribution >= 0.6 is 0 Å². The SMILES string of the molecule is O=C(N[C@@H]1C[C@H](CO)[C@H](O)C1)c1cnn(-c2ccccc2)n1. The van der Waals surface area contributed by atoms with E-state index < -0.39 is 6.10 Å². The lowest BCUT2D eigenvalue weighted by atomic mass is 10.1. The number of benzene rings is 1. The molecule has 1 aromatic heterocycles. The molecular formula is C15H18N4O3. The molecule has 2 aromatic rings. The van der Waals surface area contributed by atoms with Crippen molar-refractivity contribution >= 4 is 5.91 Å². The molecule has 0 radical (unpaired) electrons. The van der Waals surface area contributed by atoms with Crippen molar-refractivity contribution in [2.24, 2.45) is 5.92 Å². The molecule has 0 saturated heterocycles. The zero-order chi connectivity index (χ0) is 15.5. The Morgan fingerprint density at radius 1 is 1.32 bits per heavy atom. The highest BCUT2D eigenvalue weighted by Crippen LogP contribution is 2.25. The van der Waals surface area contributed by atoms with Crippen LogP contribution in [0.1, 0.15) is 23.3 Å². The molecule has 3 rings (SSSR count). The summed E-state index contributed by atoms with van der Waals surface area (Å²) in [5, 5.41) is 30.0. The third-order valence-electron chi connectivity index (χ3n) is 3.94. The van der Waals surface area contributed by atoms with E-state index >= 15 is 0 Å². The molecule has 0 unspecified atom stereocenters. The Morgan fingerprint density at radius 3 is 2.77 bits per heavy atom. The summed E-state index contributed by atoms with van der Waals surface area (Å²) in [4.78, 5) is 13.6. The fourth-order valence-corrected chi connectivity index (χ4v) is 2.73. The van der Waals surface area contributed by atoms with Crippen LogP contribution < -0.4 is 5.32 Å². The van der Waals surface area contributed by atoms with Gasteiger partial charge in [-0.2, -0.15) is 9.90 Å². The summed E-state index contributed by atoms with van der Waals surface area (Å²) >= 11 is 0. The van der Waals surface area contributed by atoms with Crippen molar-refractivity contribution in [3.05, 3.63) is 42.2 Å². The van der Waals surface area contributed by atoms with Gasteiger partial charge in [0.15, 0.2) is 5.69 Å². The molecule has 1 aliphatic rings. The molecule has 116 valence electrons. The van der Waals surface area contributed by atoms with Gasteiger partial charge in [0.05, 0.1) is 18.0 Å². The Hall–Kier alpha value is -2.25. The summed E-state index contributed by atoms with van der Waals surface area (Å²) in [5.74, 6) is -0.497. The van der Waals surface area contributed by atoms with E-state index in [1.807, 2.05) is 30.3 Å². The van der Waals surface area contributed by atoms with E-state index in [1.54, 1.807) is 0 Å². The van der Waals surface area contributed by atoms with Crippen LogP contribution in [0.2, 0.25) is 0 Å². The molecule has 0 spiro atoms. The van der Waals surface area contributed by atoms with Crippen LogP contribution in [0.5, 0.6) is 0 Å². The van der Waals surface area contributed by atoms with Crippen LogP contribution in [0, 0.1) is 5.92 Å². The Bertz CT molecular complexity index is 643. The van der Waals surface area contributed by atoms with Crippen molar-refractivity contribution in [3.8, 4) is 5.69 Å². The first kappa shape index (κ1) is 14.7. The molecule has 1 heterocycles. The smallest absolute Gasteiger partial charge is 0.273 e. The predicted molar refractivity (Wildman–Crippen MR) is 78.4 cm³/mol. The fourth-order valence-electron chi connectivity index (χ4n) is 2.73. The second-order valence-corrected chi connectivity index (χ2v) is 5.51. The average molecular weight is 302 g/mol. The number of aliphatic hydroxyl groups excluding tert-OH is 2. The fraction of sp³-hybridized carbons (Fsp3) is 0.400. The number of rotatable bonds is 4. The van der Waals surface area contributed by atoms with Crippen LogP contribution in [-0.2, 0) is 0 Å². The Morgan fingerprint density at radius 2 is 2.09 bits per heavy atom. The topological polar surface area (TPSA) is 100 Å². The van der Waals surface area contributed by atoms with E-state index in [0.29, 0.717) is 12.8 Å². The maximum absolute atomic E-state index is 12.2. The molecule has 1 aliphatic carbocycles. The Labute approximate surface area is 127 Å². The van der Waals surface area contributed by atoms with Crippen LogP contribution in [0.25, 0.3) is 5.69 Å². The van der Waals surface area contributed by atoms with Gasteiger partial charge in [-0.3, -0.25) is 4.79 Å². The van der Waals surface area contributed by atoms with Gasteiger partial charge in [0.25, 0.3) is 5.91 Å². The highest BCUT2D eigenvalue weighted by molar-refractivity contribution is 5.92. The number of nitrogens with zero attached hydrogens (tertiary/aromatic N) is 3. The zero-order valence-corrected chi connectivity index (χ0v) is 12.0. The molecule has 3 N–H and O–H groups in total. The lowest BCUT2D eigenvalue weighted by Crippen LogP contribution is -2.33. The van der Waals surface area contributed by atoms with Gasteiger partial charge in [0, 0.05) is 18.6 Å². The summed E-state index contributed by atoms with van der Waals surface area (Å²) in [7, 11) is 0. The van der Waals surface area contributed by atoms with Gasteiger partial charge in [-0.1, -0.05) is 18.2 Å². The van der Waals surface area contributed by atoms with E-state index in [0.717, 1.165) is 5.69 Å². The number of para-hydroxylation sites is 1. The minimum absolute atomic E-state index is 0.0717. The summed E-state index contributed by atoms with van der Waals surface area (Å²) in [6.07, 6.45) is 1.85. The van der Waals surface area contributed by atoms with Crippen molar-refractivity contribution in [3.63, 3.8) is 0 Å². The van der Waals surface area contributed by atoms with Crippen LogP contribution in [0.4, 0.5) is 0 Å². The first-order valence-electron chi connectivity index (χ1n) is 7.25. The highest BCUT2D eigenvalue weighted by atomic mass is 16.3. The lowest BCUT2D eigenvalue weighted by molar-refractivity contribution is 0.0902. The molecule has 0 bridgehead atoms. The molecular weight excluding hydrogens is 284 g/mol. The number of carbonyl (C=O) groups is 1. The standard InChI is InChI=1S/C15H18N4O3/c20-9-10-6-11(7-14(10)21)17-15(22)13-8-16-19(18-13)12-4-2-1-3-5-12/h1-5,8,10-11,14,20-21H,6-7,9H2,(H,17,22)/t10-,11-,14-/m1/s1. The second-order valence-electron chi connectivity index (χ2n) is 5.51. The van der Waals surface area contributed by atoms with Crippen molar-refractivity contribution in [2.45, 2.75) is 25.0 Å². The van der Waals surface area contributed by atoms with E-state index in [4.69, 9.17) is 5.11 Å². The van der Waals surface area contributed by atoms with E-state index in [1.165, 1.54) is 11.0 Å². The van der Waals surface area contributed by atoms with Crippen molar-refractivity contribution in [1.82, 2.24) is 20.3 Å². The molecule has 1 amide bonds. The Kier molecular flexibility index (Phi) is 4.17. The first-order chi connectivity index (χ1) is 10.7. The van der Waals surface area contributed by atoms with Gasteiger partial charge >= 0.3 is 0 Å². The predicted octanol–water partition coefficient (Wildman–Crippen LogP) is 0.129. The second kappa shape index (κ2) is 6.25. The summed E-state index contributed by atoms with van der Waals surface area (Å²) < 4.78 is 0. The zero-order valence-electron chi connectivity index (χ0n) is 12.0. The number of hydrogen-bond donors (Lipinski definition) is 3. The van der Waals surface area contributed by atoms with E-state index in [9.17, 15) is 9.90 Å². The largest absolute Gasteiger partial charge is 0.396 e. The van der Waals surface area contributed by atoms with E-state index in [-0.39, 0.29) is 30.2 Å². The van der Waals surface area contributed by atoms with Crippen molar-refractivity contribution in [1.29, 1.82) is 0 Å². The molecule has 1 aromatic carbocycles. The van der Waals surface area contributed by atoms with Crippen LogP contribution in [0.3, 0.4) is 0 Å². The normalized spacial score (nSPS) is 24.4. The minimum atomic E-state index is -0.574. The Balaban J connectivity index is 1.65. The number of aliphatic hydroxyl groups is 2. The van der Waals surface area contributed by atoms with Crippen LogP contribution in [-0.4, -0.2) is 49.9 Å². The van der Waals surface area contributed by atoms with Gasteiger partial charge in [0.2, 0.25) is 0 Å². The lowest BCUT2D eigenvalue weighted by Gasteiger charge is -2.10. The third-order valence-corrected chi connectivity index (χ3v) is 3.94. The number of nitrogens with one attached hydrogen (secondary N) is 1. The molecule has 0 aliphatic heterocycles. The molecule has 22 heavy (non-hydrogen) atoms. The van der Waals surface area contributed by atoms with Gasteiger partial charge < -0.3 is 15.5 Å². The highest BCUT2D eigenvalue weighted by Gasteiger charge is 2.33. The minimum Gasteiger partial charge on any atom is -0.396 e. The quantitative estimate of drug-likeness (QED) is 0.745. The summed E-state index contributed by atoms with van der Waals surface area (Å²) in [6.45, 7) is -0.0717. The van der Waals surface area contributed by atoms with Crippen molar-refractivity contribution < 1.29 is 15.0 Å². The number of amides is 1. The van der Waals surface area contributed by atoms with Gasteiger partial charge in [-0.15, -0.1) is 5.10 Å². The maximum Gasteiger partial charge on any atom is 0.273 e. The maximum atomic E-state index is 12.2. The molecule has 7 heteroatoms. The molecule has 1 fully saturated rings. The summed E-state index contributed by atoms with van der Waals surface area (Å²) in [5.41, 5.74) is 1.00. The van der Waals surface area contributed by atoms with Crippen molar-refractivity contribution in [2.75, 3.05) is 6.61 Å². The van der Waals surface area contributed by atoms with Gasteiger partial charge in [-0.05, 0) is 25.0 Å². The first-order valence-corrected chi connectivity index (χ1v) is 7.25. The molecule has 7 nitrogen and oxygen atoms in total. The third kappa shape index (κ3) is 3.00. The average Bonchev–Trinajstić information content (AvgIpc) is 3.15. The number of hydrogen-bond acceptors (Lipinski definition) is 5. The molecule has 3 atom stereocenters. The number of aromatic nitrogens is 3. The number of carbonyl (C=O) groups excluding carboxylic acids is 1. The van der Waals surface area contributed by atoms with Gasteiger partial charge in [-0.25, -0.2) is 0 Å². The van der Waals surface area contributed by atoms with E-state index in [2.05, 4.69) is 15.5 Å². The monoisotopic (exact) mass is 302 g/mol.